The van der Waals surface area contributed by atoms with Crippen molar-refractivity contribution in [3.05, 3.63) is 22.8 Å². The van der Waals surface area contributed by atoms with Gasteiger partial charge in [0.05, 0.1) is 16.7 Å². The van der Waals surface area contributed by atoms with Gasteiger partial charge >= 0.3 is 5.97 Å². The Balaban J connectivity index is 1.96. The summed E-state index contributed by atoms with van der Waals surface area (Å²) >= 11 is 6.00. The summed E-state index contributed by atoms with van der Waals surface area (Å²) in [6.45, 7) is 0.697. The molecule has 1 fully saturated rings. The quantitative estimate of drug-likeness (QED) is 0.791. The van der Waals surface area contributed by atoms with Gasteiger partial charge in [0.2, 0.25) is 0 Å². The second kappa shape index (κ2) is 6.21. The highest BCUT2D eigenvalue weighted by Crippen LogP contribution is 2.27. The first-order valence-electron chi connectivity index (χ1n) is 6.37. The SMILES string of the molecule is O=C(O)c1ccnc(NCC2CCC(O)CC2)c1Cl. The molecule has 0 atom stereocenters. The molecule has 1 heterocycles. The molecule has 0 amide bonds. The topological polar surface area (TPSA) is 82.5 Å². The average Bonchev–Trinajstić information content (AvgIpc) is 2.39. The van der Waals surface area contributed by atoms with E-state index in [0.717, 1.165) is 25.7 Å². The van der Waals surface area contributed by atoms with Gasteiger partial charge in [0.1, 0.15) is 5.82 Å². The molecule has 0 radical (unpaired) electrons. The molecule has 0 saturated heterocycles. The van der Waals surface area contributed by atoms with Crippen LogP contribution < -0.4 is 5.32 Å². The second-order valence-corrected chi connectivity index (χ2v) is 5.26. The van der Waals surface area contributed by atoms with Gasteiger partial charge in [-0.3, -0.25) is 0 Å². The van der Waals surface area contributed by atoms with Crippen molar-refractivity contribution in [3.63, 3.8) is 0 Å². The molecule has 2 rings (SSSR count). The monoisotopic (exact) mass is 284 g/mol. The van der Waals surface area contributed by atoms with Crippen LogP contribution in [0.15, 0.2) is 12.3 Å². The van der Waals surface area contributed by atoms with E-state index >= 15 is 0 Å². The van der Waals surface area contributed by atoms with Gasteiger partial charge in [0, 0.05) is 12.7 Å². The fourth-order valence-electron chi connectivity index (χ4n) is 2.32. The van der Waals surface area contributed by atoms with Gasteiger partial charge in [-0.05, 0) is 37.7 Å². The molecule has 19 heavy (non-hydrogen) atoms. The number of carboxylic acids is 1. The Morgan fingerprint density at radius 2 is 2.11 bits per heavy atom. The zero-order chi connectivity index (χ0) is 13.8. The van der Waals surface area contributed by atoms with Crippen molar-refractivity contribution in [1.82, 2.24) is 4.98 Å². The maximum atomic E-state index is 10.9. The van der Waals surface area contributed by atoms with Gasteiger partial charge in [0.15, 0.2) is 0 Å². The van der Waals surface area contributed by atoms with Gasteiger partial charge in [-0.2, -0.15) is 0 Å². The Morgan fingerprint density at radius 3 is 2.74 bits per heavy atom. The normalized spacial score (nSPS) is 23.1. The highest BCUT2D eigenvalue weighted by Gasteiger charge is 2.20. The van der Waals surface area contributed by atoms with Crippen molar-refractivity contribution in [1.29, 1.82) is 0 Å². The number of aromatic nitrogens is 1. The van der Waals surface area contributed by atoms with Crippen LogP contribution in [0.25, 0.3) is 0 Å². The molecular weight excluding hydrogens is 268 g/mol. The van der Waals surface area contributed by atoms with Crippen molar-refractivity contribution >= 4 is 23.4 Å². The summed E-state index contributed by atoms with van der Waals surface area (Å²) < 4.78 is 0. The molecule has 1 saturated carbocycles. The number of nitrogens with zero attached hydrogens (tertiary/aromatic N) is 1. The van der Waals surface area contributed by atoms with E-state index in [-0.39, 0.29) is 16.7 Å². The number of carbonyl (C=O) groups is 1. The summed E-state index contributed by atoms with van der Waals surface area (Å²) in [6, 6.07) is 1.38. The summed E-state index contributed by atoms with van der Waals surface area (Å²) in [6.07, 6.45) is 4.83. The lowest BCUT2D eigenvalue weighted by molar-refractivity contribution is 0.0697. The number of aliphatic hydroxyl groups excluding tert-OH is 1. The smallest absolute Gasteiger partial charge is 0.337 e. The number of hydrogen-bond donors (Lipinski definition) is 3. The summed E-state index contributed by atoms with van der Waals surface area (Å²) in [7, 11) is 0. The van der Waals surface area contributed by atoms with Crippen LogP contribution in [0.2, 0.25) is 5.02 Å². The Hall–Kier alpha value is -1.33. The predicted molar refractivity (Wildman–Crippen MR) is 72.7 cm³/mol. The van der Waals surface area contributed by atoms with Gasteiger partial charge in [-0.15, -0.1) is 0 Å². The van der Waals surface area contributed by atoms with Crippen LogP contribution in [0, 0.1) is 5.92 Å². The second-order valence-electron chi connectivity index (χ2n) is 4.88. The van der Waals surface area contributed by atoms with Crippen LogP contribution in [-0.4, -0.2) is 33.8 Å². The van der Waals surface area contributed by atoms with Gasteiger partial charge in [0.25, 0.3) is 0 Å². The number of carboxylic acid groups (broad SMARTS) is 1. The first-order chi connectivity index (χ1) is 9.08. The average molecular weight is 285 g/mol. The first-order valence-corrected chi connectivity index (χ1v) is 6.75. The molecule has 1 aromatic heterocycles. The molecule has 0 aromatic carbocycles. The van der Waals surface area contributed by atoms with Crippen molar-refractivity contribution in [3.8, 4) is 0 Å². The van der Waals surface area contributed by atoms with E-state index in [1.165, 1.54) is 12.3 Å². The van der Waals surface area contributed by atoms with E-state index in [1.54, 1.807) is 0 Å². The largest absolute Gasteiger partial charge is 0.478 e. The standard InChI is InChI=1S/C13H17ClN2O3/c14-11-10(13(18)19)5-6-15-12(11)16-7-8-1-3-9(17)4-2-8/h5-6,8-9,17H,1-4,7H2,(H,15,16)(H,18,19). The van der Waals surface area contributed by atoms with Crippen LogP contribution in [-0.2, 0) is 0 Å². The summed E-state index contributed by atoms with van der Waals surface area (Å²) in [5, 5.41) is 21.7. The zero-order valence-electron chi connectivity index (χ0n) is 10.5. The molecule has 5 nitrogen and oxygen atoms in total. The van der Waals surface area contributed by atoms with E-state index in [0.29, 0.717) is 18.3 Å². The minimum atomic E-state index is -1.06. The fourth-order valence-corrected chi connectivity index (χ4v) is 2.58. The lowest BCUT2D eigenvalue weighted by Gasteiger charge is -2.25. The third kappa shape index (κ3) is 3.58. The van der Waals surface area contributed by atoms with Crippen molar-refractivity contribution in [2.75, 3.05) is 11.9 Å². The molecule has 0 aliphatic heterocycles. The number of aliphatic hydroxyl groups is 1. The fraction of sp³-hybridized carbons (Fsp3) is 0.538. The molecule has 1 aliphatic carbocycles. The first kappa shape index (κ1) is 14.1. The molecule has 104 valence electrons. The molecular formula is C13H17ClN2O3. The van der Waals surface area contributed by atoms with Crippen molar-refractivity contribution in [2.24, 2.45) is 5.92 Å². The van der Waals surface area contributed by atoms with E-state index in [2.05, 4.69) is 10.3 Å². The van der Waals surface area contributed by atoms with E-state index in [9.17, 15) is 9.90 Å². The Morgan fingerprint density at radius 1 is 1.42 bits per heavy atom. The molecule has 6 heteroatoms. The zero-order valence-corrected chi connectivity index (χ0v) is 11.2. The molecule has 1 aromatic rings. The third-order valence-corrected chi connectivity index (χ3v) is 3.88. The predicted octanol–water partition coefficient (Wildman–Crippen LogP) is 2.40. The minimum Gasteiger partial charge on any atom is -0.478 e. The van der Waals surface area contributed by atoms with Gasteiger partial charge in [-0.1, -0.05) is 11.6 Å². The molecule has 3 N–H and O–H groups in total. The van der Waals surface area contributed by atoms with Crippen molar-refractivity contribution in [2.45, 2.75) is 31.8 Å². The number of rotatable bonds is 4. The van der Waals surface area contributed by atoms with Crippen LogP contribution in [0.5, 0.6) is 0 Å². The van der Waals surface area contributed by atoms with Crippen LogP contribution in [0.3, 0.4) is 0 Å². The summed E-state index contributed by atoms with van der Waals surface area (Å²) in [4.78, 5) is 15.0. The number of halogens is 1. The lowest BCUT2D eigenvalue weighted by atomic mass is 9.87. The van der Waals surface area contributed by atoms with Gasteiger partial charge in [-0.25, -0.2) is 9.78 Å². The third-order valence-electron chi connectivity index (χ3n) is 3.49. The number of hydrogen-bond acceptors (Lipinski definition) is 4. The van der Waals surface area contributed by atoms with E-state index < -0.39 is 5.97 Å². The number of pyridine rings is 1. The van der Waals surface area contributed by atoms with Crippen LogP contribution in [0.1, 0.15) is 36.0 Å². The summed E-state index contributed by atoms with van der Waals surface area (Å²) in [5.41, 5.74) is 0.0539. The van der Waals surface area contributed by atoms with Gasteiger partial charge < -0.3 is 15.5 Å². The highest BCUT2D eigenvalue weighted by atomic mass is 35.5. The Kier molecular flexibility index (Phi) is 4.61. The number of nitrogens with one attached hydrogen (secondary N) is 1. The number of anilines is 1. The molecule has 0 unspecified atom stereocenters. The molecule has 0 spiro atoms. The highest BCUT2D eigenvalue weighted by molar-refractivity contribution is 6.35. The number of aromatic carboxylic acids is 1. The van der Waals surface area contributed by atoms with E-state index in [4.69, 9.17) is 16.7 Å². The van der Waals surface area contributed by atoms with Crippen LogP contribution in [0.4, 0.5) is 5.82 Å². The van der Waals surface area contributed by atoms with E-state index in [1.807, 2.05) is 0 Å². The molecule has 0 bridgehead atoms. The maximum Gasteiger partial charge on any atom is 0.337 e. The Bertz CT molecular complexity index is 459. The molecule has 1 aliphatic rings. The van der Waals surface area contributed by atoms with Crippen molar-refractivity contribution < 1.29 is 15.0 Å². The summed E-state index contributed by atoms with van der Waals surface area (Å²) in [5.74, 6) is -0.182. The minimum absolute atomic E-state index is 0.0539. The lowest BCUT2D eigenvalue weighted by Crippen LogP contribution is -2.24. The maximum absolute atomic E-state index is 10.9. The Labute approximate surface area is 116 Å². The van der Waals surface area contributed by atoms with Crippen LogP contribution >= 0.6 is 11.6 Å².